The average molecular weight is 603 g/mol. The molecule has 1 aliphatic rings. The monoisotopic (exact) mass is 602 g/mol. The van der Waals surface area contributed by atoms with Crippen LogP contribution in [0.3, 0.4) is 0 Å². The molecule has 0 aromatic heterocycles. The van der Waals surface area contributed by atoms with Crippen LogP contribution in [0.15, 0.2) is 36.4 Å². The summed E-state index contributed by atoms with van der Waals surface area (Å²) in [7, 11) is 0. The minimum absolute atomic E-state index is 0.254. The zero-order chi connectivity index (χ0) is 25.2. The van der Waals surface area contributed by atoms with Crippen LogP contribution in [-0.2, 0) is 9.53 Å². The van der Waals surface area contributed by atoms with E-state index in [4.69, 9.17) is 21.1 Å². The number of rotatable bonds is 4. The van der Waals surface area contributed by atoms with Gasteiger partial charge in [-0.25, -0.2) is 9.18 Å². The number of amides is 2. The lowest BCUT2D eigenvalue weighted by Gasteiger charge is -2.41. The molecule has 6 nitrogen and oxygen atoms in total. The molecule has 0 bridgehead atoms. The van der Waals surface area contributed by atoms with Gasteiger partial charge in [0, 0.05) is 34.8 Å². The normalized spacial score (nSPS) is 17.4. The molecular formula is C25H29ClFIN2O4. The number of carbonyl (C=O) groups excluding carboxylic acids is 2. The number of halogens is 3. The van der Waals surface area contributed by atoms with E-state index in [1.807, 2.05) is 27.7 Å². The molecule has 3 rings (SSSR count). The maximum atomic E-state index is 14.4. The summed E-state index contributed by atoms with van der Waals surface area (Å²) in [5.41, 5.74) is 0.282. The fraction of sp³-hybridized carbons (Fsp3) is 0.440. The van der Waals surface area contributed by atoms with Crippen molar-refractivity contribution < 1.29 is 23.5 Å². The Morgan fingerprint density at radius 3 is 2.47 bits per heavy atom. The van der Waals surface area contributed by atoms with Crippen LogP contribution in [0.2, 0.25) is 5.02 Å². The molecular weight excluding hydrogens is 574 g/mol. The largest absolute Gasteiger partial charge is 0.476 e. The van der Waals surface area contributed by atoms with Gasteiger partial charge in [0.2, 0.25) is 6.10 Å². The lowest BCUT2D eigenvalue weighted by atomic mass is 10.0. The third kappa shape index (κ3) is 6.53. The Hall–Kier alpha value is -2.07. The Kier molecular flexibility index (Phi) is 8.34. The van der Waals surface area contributed by atoms with Crippen LogP contribution >= 0.6 is 34.2 Å². The van der Waals surface area contributed by atoms with Gasteiger partial charge in [0.05, 0.1) is 5.02 Å². The molecule has 1 heterocycles. The first-order chi connectivity index (χ1) is 15.9. The number of benzene rings is 2. The summed E-state index contributed by atoms with van der Waals surface area (Å²) in [5, 5.41) is 0.499. The lowest BCUT2D eigenvalue weighted by Crippen LogP contribution is -2.57. The van der Waals surface area contributed by atoms with Crippen LogP contribution in [0, 0.1) is 16.3 Å². The molecule has 1 saturated heterocycles. The molecule has 0 radical (unpaired) electrons. The highest BCUT2D eigenvalue weighted by Gasteiger charge is 2.36. The van der Waals surface area contributed by atoms with Crippen molar-refractivity contribution in [1.82, 2.24) is 9.80 Å². The molecule has 34 heavy (non-hydrogen) atoms. The molecule has 0 saturated carbocycles. The van der Waals surface area contributed by atoms with Crippen molar-refractivity contribution in [1.29, 1.82) is 0 Å². The van der Waals surface area contributed by atoms with Crippen molar-refractivity contribution >= 4 is 46.2 Å². The van der Waals surface area contributed by atoms with Gasteiger partial charge < -0.3 is 19.3 Å². The van der Waals surface area contributed by atoms with E-state index in [1.165, 1.54) is 6.07 Å². The fourth-order valence-corrected chi connectivity index (χ4v) is 4.14. The summed E-state index contributed by atoms with van der Waals surface area (Å²) < 4.78 is 26.8. The summed E-state index contributed by atoms with van der Waals surface area (Å²) in [4.78, 5) is 29.4. The molecule has 184 valence electrons. The number of aryl methyl sites for hydroxylation is 1. The molecule has 1 unspecified atom stereocenters. The number of hydrogen-bond acceptors (Lipinski definition) is 4. The van der Waals surface area contributed by atoms with Crippen molar-refractivity contribution in [3.05, 3.63) is 61.9 Å². The second-order valence-electron chi connectivity index (χ2n) is 9.39. The molecule has 2 amide bonds. The van der Waals surface area contributed by atoms with Gasteiger partial charge in [0.25, 0.3) is 5.91 Å². The summed E-state index contributed by atoms with van der Waals surface area (Å²) in [6.07, 6.45) is -1.47. The van der Waals surface area contributed by atoms with E-state index in [1.54, 1.807) is 47.1 Å². The zero-order valence-corrected chi connectivity index (χ0v) is 22.8. The van der Waals surface area contributed by atoms with E-state index in [2.05, 4.69) is 22.6 Å². The first-order valence-corrected chi connectivity index (χ1v) is 12.5. The number of piperazine rings is 1. The average Bonchev–Trinajstić information content (AvgIpc) is 2.74. The van der Waals surface area contributed by atoms with Gasteiger partial charge in [-0.05, 0) is 87.0 Å². The minimum atomic E-state index is -1.06. The third-order valence-corrected chi connectivity index (χ3v) is 7.01. The summed E-state index contributed by atoms with van der Waals surface area (Å²) in [6.45, 7) is 9.91. The lowest BCUT2D eigenvalue weighted by molar-refractivity contribution is -0.142. The topological polar surface area (TPSA) is 59.1 Å². The predicted molar refractivity (Wildman–Crippen MR) is 138 cm³/mol. The van der Waals surface area contributed by atoms with Gasteiger partial charge in [-0.15, -0.1) is 0 Å². The summed E-state index contributed by atoms with van der Waals surface area (Å²) in [5.74, 6) is -0.318. The van der Waals surface area contributed by atoms with E-state index in [0.29, 0.717) is 41.5 Å². The number of hydrogen-bond donors (Lipinski definition) is 0. The van der Waals surface area contributed by atoms with E-state index >= 15 is 0 Å². The van der Waals surface area contributed by atoms with Gasteiger partial charge in [-0.2, -0.15) is 0 Å². The van der Waals surface area contributed by atoms with Crippen molar-refractivity contribution in [3.8, 4) is 5.75 Å². The van der Waals surface area contributed by atoms with Gasteiger partial charge >= 0.3 is 6.09 Å². The van der Waals surface area contributed by atoms with Crippen molar-refractivity contribution in [3.63, 3.8) is 0 Å². The fourth-order valence-electron chi connectivity index (χ4n) is 3.63. The van der Waals surface area contributed by atoms with E-state index in [0.717, 1.165) is 3.57 Å². The highest BCUT2D eigenvalue weighted by molar-refractivity contribution is 14.1. The Morgan fingerprint density at radius 1 is 1.18 bits per heavy atom. The molecule has 1 fully saturated rings. The van der Waals surface area contributed by atoms with Crippen LogP contribution in [0.1, 0.15) is 44.9 Å². The quantitative estimate of drug-likeness (QED) is 0.404. The van der Waals surface area contributed by atoms with Crippen LogP contribution in [0.25, 0.3) is 0 Å². The highest BCUT2D eigenvalue weighted by Crippen LogP contribution is 2.30. The first-order valence-electron chi connectivity index (χ1n) is 11.0. The molecule has 2 atom stereocenters. The van der Waals surface area contributed by atoms with Crippen LogP contribution in [0.5, 0.6) is 5.75 Å². The van der Waals surface area contributed by atoms with Gasteiger partial charge in [-0.3, -0.25) is 4.79 Å². The van der Waals surface area contributed by atoms with Gasteiger partial charge in [0.15, 0.2) is 0 Å². The summed E-state index contributed by atoms with van der Waals surface area (Å²) in [6, 6.07) is 9.53. The SMILES string of the molecule is Cc1ccc(C(Oc2ccc(I)c(Cl)c2)C(=O)N2CCN(C(=O)OC(C)(C)C)[C@H](C)C2)cc1F. The molecule has 1 aliphatic heterocycles. The second kappa shape index (κ2) is 10.7. The molecule has 0 spiro atoms. The molecule has 2 aromatic rings. The van der Waals surface area contributed by atoms with E-state index in [-0.39, 0.29) is 11.9 Å². The second-order valence-corrected chi connectivity index (χ2v) is 11.0. The molecule has 2 aromatic carbocycles. The highest BCUT2D eigenvalue weighted by atomic mass is 127. The predicted octanol–water partition coefficient (Wildman–Crippen LogP) is 5.98. The molecule has 0 aliphatic carbocycles. The molecule has 9 heteroatoms. The van der Waals surface area contributed by atoms with E-state index in [9.17, 15) is 14.0 Å². The third-order valence-electron chi connectivity index (χ3n) is 5.44. The van der Waals surface area contributed by atoms with Crippen LogP contribution in [-0.4, -0.2) is 53.1 Å². The van der Waals surface area contributed by atoms with Crippen molar-refractivity contribution in [2.45, 2.75) is 52.4 Å². The van der Waals surface area contributed by atoms with E-state index < -0.39 is 23.6 Å². The number of nitrogens with zero attached hydrogens (tertiary/aromatic N) is 2. The number of carbonyl (C=O) groups is 2. The first kappa shape index (κ1) is 26.5. The Morgan fingerprint density at radius 2 is 1.88 bits per heavy atom. The Labute approximate surface area is 218 Å². The zero-order valence-electron chi connectivity index (χ0n) is 19.9. The Bertz CT molecular complexity index is 1080. The van der Waals surface area contributed by atoms with Crippen molar-refractivity contribution in [2.24, 2.45) is 0 Å². The van der Waals surface area contributed by atoms with Crippen molar-refractivity contribution in [2.75, 3.05) is 19.6 Å². The Balaban J connectivity index is 1.83. The smallest absolute Gasteiger partial charge is 0.410 e. The standard InChI is InChI=1S/C25H29ClFIN2O4/c1-15-6-7-17(12-20(15)27)22(33-18-8-9-21(28)19(26)13-18)23(31)29-10-11-30(16(2)14-29)24(32)34-25(3,4)5/h6-9,12-13,16,22H,10-11,14H2,1-5H3/t16-,22?/m1/s1. The minimum Gasteiger partial charge on any atom is -0.476 e. The maximum Gasteiger partial charge on any atom is 0.410 e. The van der Waals surface area contributed by atoms with Crippen LogP contribution in [0.4, 0.5) is 9.18 Å². The van der Waals surface area contributed by atoms with Crippen LogP contribution < -0.4 is 4.74 Å². The maximum absolute atomic E-state index is 14.4. The number of ether oxygens (including phenoxy) is 2. The molecule has 0 N–H and O–H groups in total. The summed E-state index contributed by atoms with van der Waals surface area (Å²) >= 11 is 8.34. The van der Waals surface area contributed by atoms with Gasteiger partial charge in [0.1, 0.15) is 17.2 Å². The van der Waals surface area contributed by atoms with Gasteiger partial charge in [-0.1, -0.05) is 23.7 Å².